The molecule has 4 atom stereocenters. The summed E-state index contributed by atoms with van der Waals surface area (Å²) in [6.45, 7) is 21.3. The molecule has 17 nitrogen and oxygen atoms in total. The number of rotatable bonds is 7. The fourth-order valence-corrected chi connectivity index (χ4v) is 2.85. The number of alkyl halides is 39. The van der Waals surface area contributed by atoms with Crippen LogP contribution in [0.1, 0.15) is 159 Å². The van der Waals surface area contributed by atoms with Gasteiger partial charge in [0.05, 0.1) is 0 Å². The van der Waals surface area contributed by atoms with Gasteiger partial charge in [-0.15, -0.1) is 0 Å². The Labute approximate surface area is 612 Å². The molecular weight excluding hydrogens is 1690 g/mol. The fraction of sp³-hybridized carbons (Fsp3) is 0.929. The van der Waals surface area contributed by atoms with Gasteiger partial charge in [-0.2, -0.15) is 171 Å². The van der Waals surface area contributed by atoms with Gasteiger partial charge in [0.25, 0.3) is 11.2 Å². The molecule has 0 aliphatic carbocycles. The smallest absolute Gasteiger partial charge is 0.453 e. The molecule has 684 valence electrons. The largest absolute Gasteiger partial charge is 0.510 e. The molecule has 0 aromatic heterocycles. The van der Waals surface area contributed by atoms with E-state index in [1.54, 1.807) is 0 Å². The van der Waals surface area contributed by atoms with Crippen LogP contribution < -0.4 is 0 Å². The SMILES string of the molecule is CC(=O)OC(C)C(F)(F)F.CC(C)(C)OC(=O)OC(C)(C(F)(F)F)C(F)(F)F.CC(C)(C)OC(=O)OC(C)(C)C(F)(F)F.CC(C)(O)C(F)(F)F.CC(O)(C(F)(F)F)C(F)(F)F.CC(O)C(F)(F)F.CC(OC(=O)OC(C)(C)C)C(F)(F)F.COC(C)(C(F)(F)F)C(F)(F)F.COC(C)(C)C(F)(F)F.COC(C)C(F)(F)F. The normalized spacial score (nSPS) is 14.7. The van der Waals surface area contributed by atoms with Gasteiger partial charge in [-0.25, -0.2) is 14.4 Å². The van der Waals surface area contributed by atoms with Crippen molar-refractivity contribution in [3.05, 3.63) is 0 Å². The number of halogens is 39. The zero-order valence-corrected chi connectivity index (χ0v) is 63.1. The second-order valence-electron chi connectivity index (χ2n) is 25.9. The van der Waals surface area contributed by atoms with Crippen molar-refractivity contribution in [2.75, 3.05) is 21.3 Å². The first-order chi connectivity index (χ1) is 47.4. The first kappa shape index (κ1) is 127. The second-order valence-corrected chi connectivity index (χ2v) is 25.9. The molecule has 0 aromatic rings. The van der Waals surface area contributed by atoms with Gasteiger partial charge in [0, 0.05) is 28.3 Å². The van der Waals surface area contributed by atoms with E-state index < -0.39 is 180 Å². The van der Waals surface area contributed by atoms with Gasteiger partial charge in [-0.05, 0) is 152 Å². The minimum absolute atomic E-state index is 0.0625. The molecule has 0 fully saturated rings. The summed E-state index contributed by atoms with van der Waals surface area (Å²) in [4.78, 5) is 42.6. The fourth-order valence-electron chi connectivity index (χ4n) is 2.85. The van der Waals surface area contributed by atoms with E-state index in [0.717, 1.165) is 69.6 Å². The number of hydrogen-bond acceptors (Lipinski definition) is 17. The molecule has 0 saturated heterocycles. The van der Waals surface area contributed by atoms with Crippen LogP contribution in [0.3, 0.4) is 0 Å². The van der Waals surface area contributed by atoms with Gasteiger partial charge in [0.15, 0.2) is 23.4 Å². The van der Waals surface area contributed by atoms with Crippen molar-refractivity contribution in [1.29, 1.82) is 0 Å². The first-order valence-corrected chi connectivity index (χ1v) is 28.9. The van der Waals surface area contributed by atoms with Crippen LogP contribution in [0.25, 0.3) is 0 Å². The topological polar surface area (TPSA) is 221 Å². The van der Waals surface area contributed by atoms with Crippen LogP contribution in [-0.4, -0.2) is 216 Å². The Bertz CT molecular complexity index is 2570. The number of methoxy groups -OCH3 is 3. The quantitative estimate of drug-likeness (QED) is 0.122. The molecule has 0 aromatic carbocycles. The van der Waals surface area contributed by atoms with Gasteiger partial charge in [-0.1, -0.05) is 0 Å². The Kier molecular flexibility index (Phi) is 50.6. The van der Waals surface area contributed by atoms with Crippen molar-refractivity contribution in [3.63, 3.8) is 0 Å². The number of ether oxygens (including phenoxy) is 10. The van der Waals surface area contributed by atoms with Gasteiger partial charge < -0.3 is 62.7 Å². The first-order valence-electron chi connectivity index (χ1n) is 28.9. The Morgan fingerprint density at radius 1 is 0.277 bits per heavy atom. The van der Waals surface area contributed by atoms with Crippen LogP contribution in [0.15, 0.2) is 0 Å². The minimum atomic E-state index is -5.80. The van der Waals surface area contributed by atoms with Gasteiger partial charge >= 0.3 is 110 Å². The van der Waals surface area contributed by atoms with Crippen LogP contribution in [0.4, 0.5) is 186 Å². The van der Waals surface area contributed by atoms with Gasteiger partial charge in [0.1, 0.15) is 29.0 Å². The van der Waals surface area contributed by atoms with Crippen molar-refractivity contribution in [2.45, 2.75) is 314 Å². The monoisotopic (exact) mass is 1770 g/mol. The van der Waals surface area contributed by atoms with E-state index in [1.165, 1.54) is 62.3 Å². The molecule has 0 heterocycles. The lowest BCUT2D eigenvalue weighted by Crippen LogP contribution is -2.57. The molecule has 0 aliphatic heterocycles. The number of aliphatic hydroxyl groups is 3. The molecule has 112 heavy (non-hydrogen) atoms. The molecular formula is C56H85F39O17. The highest BCUT2D eigenvalue weighted by Crippen LogP contribution is 2.48. The summed E-state index contributed by atoms with van der Waals surface area (Å²) in [7, 11) is 2.42. The number of carbonyl (C=O) groups is 4. The highest BCUT2D eigenvalue weighted by molar-refractivity contribution is 5.66. The minimum Gasteiger partial charge on any atom is -0.453 e. The molecule has 0 radical (unpaired) electrons. The molecule has 0 spiro atoms. The van der Waals surface area contributed by atoms with Crippen LogP contribution in [-0.2, 0) is 52.2 Å². The average Bonchev–Trinajstić information content (AvgIpc) is 0.774. The molecule has 0 aliphatic rings. The maximum absolute atomic E-state index is 12.3. The Hall–Kier alpha value is -5.69. The highest BCUT2D eigenvalue weighted by Gasteiger charge is 2.72. The Morgan fingerprint density at radius 3 is 0.607 bits per heavy atom. The van der Waals surface area contributed by atoms with Gasteiger partial charge in [-0.3, -0.25) is 4.79 Å². The van der Waals surface area contributed by atoms with Crippen LogP contribution in [0.2, 0.25) is 0 Å². The van der Waals surface area contributed by atoms with E-state index >= 15 is 0 Å². The van der Waals surface area contributed by atoms with Crippen molar-refractivity contribution >= 4 is 24.4 Å². The molecule has 3 N–H and O–H groups in total. The van der Waals surface area contributed by atoms with Gasteiger partial charge in [0.2, 0.25) is 5.60 Å². The number of hydrogen-bond donors (Lipinski definition) is 3. The molecule has 4 unspecified atom stereocenters. The van der Waals surface area contributed by atoms with E-state index in [9.17, 15) is 190 Å². The highest BCUT2D eigenvalue weighted by atomic mass is 19.5. The lowest BCUT2D eigenvalue weighted by Gasteiger charge is -2.33. The molecule has 56 heteroatoms. The standard InChI is InChI=1S/C9H12F6O3.C9H15F3O3.C8H13F3O3.C5H6F6O.C5H7F3O2.C5H9F3O.C4H4F6O.2C4H7F3O.C3H5F3O/c1-6(2,3)17-5(16)18-7(4,8(10,11)12)9(13,14)15;1-7(2,3)14-6(13)15-8(4,5)9(10,11)12;1-5(8(9,10)11)13-6(12)14-7(2,3)4;1-3(12-2,4(6,7)8)5(9,10)11;1-3(5(6,7)8)10-4(2)9;1-4(2,9-3)5(6,7)8;1-2(11,3(5,6)7)4(8,9)10;1-3(8-2)4(5,6)7;1-3(2,8)4(5,6)7;1-2(7)3(4,5)6/h1-4H3;1-5H3;5H,1-4H3;1-2H3;3H,1-2H3;1-3H3;11H,1H3;3H,1-2H3;8H,1-2H3;2,7H,1H3. The van der Waals surface area contributed by atoms with Crippen molar-refractivity contribution in [3.8, 4) is 0 Å². The van der Waals surface area contributed by atoms with E-state index in [2.05, 4.69) is 47.4 Å². The predicted octanol–water partition coefficient (Wildman–Crippen LogP) is 21.7. The summed E-state index contributed by atoms with van der Waals surface area (Å²) in [6, 6.07) is 0. The van der Waals surface area contributed by atoms with E-state index in [1.807, 2.05) is 0 Å². The molecule has 0 bridgehead atoms. The zero-order chi connectivity index (χ0) is 94.7. The van der Waals surface area contributed by atoms with Crippen molar-refractivity contribution < 1.29 is 253 Å². The van der Waals surface area contributed by atoms with E-state index in [-0.39, 0.29) is 20.8 Å². The maximum atomic E-state index is 12.3. The van der Waals surface area contributed by atoms with E-state index in [4.69, 9.17) is 15.3 Å². The van der Waals surface area contributed by atoms with Crippen molar-refractivity contribution in [2.24, 2.45) is 0 Å². The summed E-state index contributed by atoms with van der Waals surface area (Å²) in [5.41, 5.74) is -23.5. The predicted molar refractivity (Wildman–Crippen MR) is 305 cm³/mol. The summed E-state index contributed by atoms with van der Waals surface area (Å²) >= 11 is 0. The summed E-state index contributed by atoms with van der Waals surface area (Å²) < 4.78 is 496. The number of aliphatic hydroxyl groups excluding tert-OH is 1. The van der Waals surface area contributed by atoms with E-state index in [0.29, 0.717) is 27.9 Å². The molecule has 0 amide bonds. The number of esters is 1. The van der Waals surface area contributed by atoms with Crippen LogP contribution in [0, 0.1) is 0 Å². The lowest BCUT2D eigenvalue weighted by atomic mass is 10.1. The Balaban J connectivity index is -0.000000131. The zero-order valence-electron chi connectivity index (χ0n) is 63.1. The van der Waals surface area contributed by atoms with Crippen LogP contribution >= 0.6 is 0 Å². The third-order valence-corrected chi connectivity index (χ3v) is 10.9. The Morgan fingerprint density at radius 2 is 0.500 bits per heavy atom. The number of carbonyl (C=O) groups excluding carboxylic acids is 4. The summed E-state index contributed by atoms with van der Waals surface area (Å²) in [5, 5.41) is 23.9. The van der Waals surface area contributed by atoms with Crippen LogP contribution in [0.5, 0.6) is 0 Å². The lowest BCUT2D eigenvalue weighted by molar-refractivity contribution is -0.367. The molecule has 0 saturated carbocycles. The second kappa shape index (κ2) is 44.6. The third-order valence-electron chi connectivity index (χ3n) is 10.9. The van der Waals surface area contributed by atoms with Crippen molar-refractivity contribution in [1.82, 2.24) is 0 Å². The summed E-state index contributed by atoms with van der Waals surface area (Å²) in [5.74, 6) is -0.926. The third kappa shape index (κ3) is 56.6. The maximum Gasteiger partial charge on any atom is 0.510 e. The molecule has 0 rings (SSSR count). The average molecular weight is 1770 g/mol. The summed E-state index contributed by atoms with van der Waals surface area (Å²) in [6.07, 6.45) is -77.7.